The van der Waals surface area contributed by atoms with Crippen molar-refractivity contribution in [3.63, 3.8) is 0 Å². The van der Waals surface area contributed by atoms with Crippen molar-refractivity contribution >= 4 is 17.2 Å². The molecular formula is C23H33N3O2S. The molecule has 6 heteroatoms. The molecule has 1 aromatic heterocycles. The zero-order chi connectivity index (χ0) is 20.9. The molecule has 0 unspecified atom stereocenters. The molecule has 29 heavy (non-hydrogen) atoms. The van der Waals surface area contributed by atoms with E-state index in [2.05, 4.69) is 38.0 Å². The largest absolute Gasteiger partial charge is 0.494 e. The van der Waals surface area contributed by atoms with Crippen LogP contribution in [0.1, 0.15) is 61.6 Å². The summed E-state index contributed by atoms with van der Waals surface area (Å²) < 4.78 is 5.68. The summed E-state index contributed by atoms with van der Waals surface area (Å²) in [6.45, 7) is 13.6. The molecule has 5 nitrogen and oxygen atoms in total. The first kappa shape index (κ1) is 21.8. The third kappa shape index (κ3) is 6.03. The predicted molar refractivity (Wildman–Crippen MR) is 119 cm³/mol. The second-order valence-corrected chi connectivity index (χ2v) is 9.61. The molecule has 1 aromatic carbocycles. The Balaban J connectivity index is 1.48. The maximum Gasteiger partial charge on any atom is 0.253 e. The molecule has 0 aliphatic carbocycles. The molecule has 3 rings (SSSR count). The molecule has 1 amide bonds. The van der Waals surface area contributed by atoms with Crippen molar-refractivity contribution in [3.8, 4) is 5.75 Å². The topological polar surface area (TPSA) is 45.7 Å². The zero-order valence-electron chi connectivity index (χ0n) is 18.1. The Hall–Kier alpha value is -1.92. The first-order valence-electron chi connectivity index (χ1n) is 10.6. The molecule has 0 radical (unpaired) electrons. The highest BCUT2D eigenvalue weighted by atomic mass is 32.1. The van der Waals surface area contributed by atoms with Crippen LogP contribution < -0.4 is 4.74 Å². The lowest BCUT2D eigenvalue weighted by Crippen LogP contribution is -2.48. The zero-order valence-corrected chi connectivity index (χ0v) is 18.9. The number of rotatable bonds is 7. The Morgan fingerprint density at radius 3 is 2.41 bits per heavy atom. The molecule has 0 bridgehead atoms. The molecule has 0 N–H and O–H groups in total. The van der Waals surface area contributed by atoms with Crippen LogP contribution >= 0.6 is 11.3 Å². The normalized spacial score (nSPS) is 15.5. The van der Waals surface area contributed by atoms with E-state index in [1.165, 1.54) is 0 Å². The van der Waals surface area contributed by atoms with E-state index >= 15 is 0 Å². The van der Waals surface area contributed by atoms with Crippen molar-refractivity contribution in [1.82, 2.24) is 14.8 Å². The van der Waals surface area contributed by atoms with Gasteiger partial charge in [-0.25, -0.2) is 4.98 Å². The molecular weight excluding hydrogens is 382 g/mol. The highest BCUT2D eigenvalue weighted by molar-refractivity contribution is 7.09. The van der Waals surface area contributed by atoms with E-state index in [-0.39, 0.29) is 11.3 Å². The number of carbonyl (C=O) groups is 1. The molecule has 0 spiro atoms. The molecule has 1 fully saturated rings. The standard InChI is InChI=1S/C23H33N3O2S/c1-5-6-15-28-19-9-7-18(8-10-19)22(27)26-13-11-25(12-14-26)16-21-24-20(17-29-21)23(2,3)4/h7-10,17H,5-6,11-16H2,1-4H3. The number of benzene rings is 1. The fourth-order valence-electron chi connectivity index (χ4n) is 3.24. The number of hydrogen-bond donors (Lipinski definition) is 0. The van der Waals surface area contributed by atoms with Gasteiger partial charge < -0.3 is 9.64 Å². The van der Waals surface area contributed by atoms with Gasteiger partial charge in [-0.2, -0.15) is 0 Å². The molecule has 1 saturated heterocycles. The van der Waals surface area contributed by atoms with Crippen LogP contribution in [0.3, 0.4) is 0 Å². The minimum atomic E-state index is 0.0937. The number of piperazine rings is 1. The summed E-state index contributed by atoms with van der Waals surface area (Å²) in [5.41, 5.74) is 1.99. The highest BCUT2D eigenvalue weighted by Gasteiger charge is 2.24. The van der Waals surface area contributed by atoms with E-state index < -0.39 is 0 Å². The van der Waals surface area contributed by atoms with Crippen LogP contribution in [0.5, 0.6) is 5.75 Å². The Bertz CT molecular complexity index is 787. The number of thiazole rings is 1. The Kier molecular flexibility index (Phi) is 7.30. The third-order valence-corrected chi connectivity index (χ3v) is 6.04. The van der Waals surface area contributed by atoms with E-state index in [1.807, 2.05) is 29.2 Å². The maximum absolute atomic E-state index is 12.8. The van der Waals surface area contributed by atoms with Gasteiger partial charge in [-0.05, 0) is 30.7 Å². The minimum Gasteiger partial charge on any atom is -0.494 e. The fourth-order valence-corrected chi connectivity index (χ4v) is 4.30. The summed E-state index contributed by atoms with van der Waals surface area (Å²) in [5, 5.41) is 3.33. The molecule has 1 aliphatic rings. The van der Waals surface area contributed by atoms with Crippen LogP contribution in [-0.4, -0.2) is 53.5 Å². The Morgan fingerprint density at radius 2 is 1.83 bits per heavy atom. The predicted octanol–water partition coefficient (Wildman–Crippen LogP) is 4.58. The second kappa shape index (κ2) is 9.72. The van der Waals surface area contributed by atoms with Crippen LogP contribution in [0, 0.1) is 0 Å². The Morgan fingerprint density at radius 1 is 1.14 bits per heavy atom. The van der Waals surface area contributed by atoms with Gasteiger partial charge in [0.2, 0.25) is 0 Å². The van der Waals surface area contributed by atoms with E-state index in [4.69, 9.17) is 9.72 Å². The van der Waals surface area contributed by atoms with Gasteiger partial charge in [0.05, 0.1) is 18.8 Å². The van der Waals surface area contributed by atoms with E-state index in [9.17, 15) is 4.79 Å². The first-order valence-corrected chi connectivity index (χ1v) is 11.4. The van der Waals surface area contributed by atoms with Gasteiger partial charge in [-0.1, -0.05) is 34.1 Å². The highest BCUT2D eigenvalue weighted by Crippen LogP contribution is 2.25. The number of unbranched alkanes of at least 4 members (excludes halogenated alkanes) is 1. The molecule has 1 aliphatic heterocycles. The lowest BCUT2D eigenvalue weighted by Gasteiger charge is -2.34. The van der Waals surface area contributed by atoms with Crippen LogP contribution in [0.15, 0.2) is 29.6 Å². The van der Waals surface area contributed by atoms with Crippen molar-refractivity contribution in [2.75, 3.05) is 32.8 Å². The molecule has 0 saturated carbocycles. The van der Waals surface area contributed by atoms with E-state index in [0.29, 0.717) is 0 Å². The van der Waals surface area contributed by atoms with Crippen LogP contribution in [0.25, 0.3) is 0 Å². The monoisotopic (exact) mass is 415 g/mol. The number of amides is 1. The van der Waals surface area contributed by atoms with Crippen LogP contribution in [-0.2, 0) is 12.0 Å². The van der Waals surface area contributed by atoms with Gasteiger partial charge in [0, 0.05) is 42.5 Å². The summed E-state index contributed by atoms with van der Waals surface area (Å²) in [7, 11) is 0. The average Bonchev–Trinajstić information content (AvgIpc) is 3.18. The second-order valence-electron chi connectivity index (χ2n) is 8.67. The molecule has 158 valence electrons. The maximum atomic E-state index is 12.8. The van der Waals surface area contributed by atoms with Gasteiger partial charge in [-0.3, -0.25) is 9.69 Å². The quantitative estimate of drug-likeness (QED) is 0.621. The SMILES string of the molecule is CCCCOc1ccc(C(=O)N2CCN(Cc3nc(C(C)(C)C)cs3)CC2)cc1. The molecule has 2 heterocycles. The van der Waals surface area contributed by atoms with Crippen molar-refractivity contribution in [2.24, 2.45) is 0 Å². The van der Waals surface area contributed by atoms with Crippen molar-refractivity contribution < 1.29 is 9.53 Å². The van der Waals surface area contributed by atoms with Crippen molar-refractivity contribution in [3.05, 3.63) is 45.9 Å². The number of carbonyl (C=O) groups excluding carboxylic acids is 1. The lowest BCUT2D eigenvalue weighted by atomic mass is 9.93. The van der Waals surface area contributed by atoms with E-state index in [1.54, 1.807) is 11.3 Å². The van der Waals surface area contributed by atoms with E-state index in [0.717, 1.165) is 74.2 Å². The first-order chi connectivity index (χ1) is 13.9. The van der Waals surface area contributed by atoms with Crippen molar-refractivity contribution in [1.29, 1.82) is 0 Å². The van der Waals surface area contributed by atoms with Crippen LogP contribution in [0.2, 0.25) is 0 Å². The number of ether oxygens (including phenoxy) is 1. The smallest absolute Gasteiger partial charge is 0.253 e. The van der Waals surface area contributed by atoms with Gasteiger partial charge in [0.15, 0.2) is 0 Å². The average molecular weight is 416 g/mol. The summed E-state index contributed by atoms with van der Waals surface area (Å²) >= 11 is 1.74. The number of nitrogens with zero attached hydrogens (tertiary/aromatic N) is 3. The summed E-state index contributed by atoms with van der Waals surface area (Å²) in [4.78, 5) is 21.9. The summed E-state index contributed by atoms with van der Waals surface area (Å²) in [6, 6.07) is 7.54. The van der Waals surface area contributed by atoms with Gasteiger partial charge in [0.1, 0.15) is 10.8 Å². The van der Waals surface area contributed by atoms with Gasteiger partial charge >= 0.3 is 0 Å². The lowest BCUT2D eigenvalue weighted by molar-refractivity contribution is 0.0628. The Labute approximate surface area is 178 Å². The molecule has 2 aromatic rings. The van der Waals surface area contributed by atoms with Crippen LogP contribution in [0.4, 0.5) is 0 Å². The van der Waals surface area contributed by atoms with Gasteiger partial charge in [0.25, 0.3) is 5.91 Å². The van der Waals surface area contributed by atoms with Crippen molar-refractivity contribution in [2.45, 2.75) is 52.5 Å². The summed E-state index contributed by atoms with van der Waals surface area (Å²) in [6.07, 6.45) is 2.16. The minimum absolute atomic E-state index is 0.0937. The number of aromatic nitrogens is 1. The molecule has 0 atom stereocenters. The third-order valence-electron chi connectivity index (χ3n) is 5.21. The fraction of sp³-hybridized carbons (Fsp3) is 0.565. The number of hydrogen-bond acceptors (Lipinski definition) is 5. The summed E-state index contributed by atoms with van der Waals surface area (Å²) in [5.74, 6) is 0.937. The van der Waals surface area contributed by atoms with Gasteiger partial charge in [-0.15, -0.1) is 11.3 Å².